The van der Waals surface area contributed by atoms with E-state index < -0.39 is 0 Å². The topological polar surface area (TPSA) is 55.0 Å². The molecule has 0 aliphatic heterocycles. The molecule has 24 heavy (non-hydrogen) atoms. The number of imidazole rings is 1. The SMILES string of the molecule is O=C(CCCc1nc(-c2ccccc2)c[nH]1)OCc1ccccc1. The highest BCUT2D eigenvalue weighted by Gasteiger charge is 2.07. The van der Waals surface area contributed by atoms with E-state index in [9.17, 15) is 4.79 Å². The molecule has 122 valence electrons. The number of aromatic nitrogens is 2. The minimum Gasteiger partial charge on any atom is -0.461 e. The van der Waals surface area contributed by atoms with Crippen molar-refractivity contribution in [2.24, 2.45) is 0 Å². The summed E-state index contributed by atoms with van der Waals surface area (Å²) in [5, 5.41) is 0. The van der Waals surface area contributed by atoms with E-state index in [1.165, 1.54) is 0 Å². The second-order valence-electron chi connectivity index (χ2n) is 5.60. The molecule has 0 amide bonds. The van der Waals surface area contributed by atoms with Crippen LogP contribution in [-0.2, 0) is 22.6 Å². The Bertz CT molecular complexity index is 767. The first-order valence-corrected chi connectivity index (χ1v) is 8.10. The Morgan fingerprint density at radius 3 is 2.46 bits per heavy atom. The number of benzene rings is 2. The minimum absolute atomic E-state index is 0.173. The molecule has 1 N–H and O–H groups in total. The molecule has 0 saturated heterocycles. The molecule has 3 rings (SSSR count). The molecule has 0 fully saturated rings. The van der Waals surface area contributed by atoms with Crippen molar-refractivity contribution in [3.05, 3.63) is 78.2 Å². The lowest BCUT2D eigenvalue weighted by Crippen LogP contribution is -2.05. The van der Waals surface area contributed by atoms with Gasteiger partial charge in [-0.2, -0.15) is 0 Å². The highest BCUT2D eigenvalue weighted by Crippen LogP contribution is 2.16. The molecule has 0 radical (unpaired) electrons. The fourth-order valence-corrected chi connectivity index (χ4v) is 2.46. The number of carbonyl (C=O) groups excluding carboxylic acids is 1. The summed E-state index contributed by atoms with van der Waals surface area (Å²) < 4.78 is 5.27. The maximum absolute atomic E-state index is 11.8. The van der Waals surface area contributed by atoms with Gasteiger partial charge in [0, 0.05) is 24.6 Å². The van der Waals surface area contributed by atoms with Crippen LogP contribution in [0, 0.1) is 0 Å². The number of aryl methyl sites for hydroxylation is 1. The monoisotopic (exact) mass is 320 g/mol. The van der Waals surface area contributed by atoms with Crippen LogP contribution >= 0.6 is 0 Å². The number of ether oxygens (including phenoxy) is 1. The summed E-state index contributed by atoms with van der Waals surface area (Å²) in [6.45, 7) is 0.332. The Morgan fingerprint density at radius 2 is 1.71 bits per heavy atom. The van der Waals surface area contributed by atoms with Crippen LogP contribution in [0.5, 0.6) is 0 Å². The molecule has 1 heterocycles. The van der Waals surface area contributed by atoms with Gasteiger partial charge in [-0.05, 0) is 12.0 Å². The van der Waals surface area contributed by atoms with E-state index in [1.54, 1.807) is 0 Å². The Balaban J connectivity index is 1.42. The van der Waals surface area contributed by atoms with Crippen molar-refractivity contribution in [2.45, 2.75) is 25.9 Å². The van der Waals surface area contributed by atoms with Gasteiger partial charge < -0.3 is 9.72 Å². The lowest BCUT2D eigenvalue weighted by Gasteiger charge is -2.04. The summed E-state index contributed by atoms with van der Waals surface area (Å²) >= 11 is 0. The third-order valence-electron chi connectivity index (χ3n) is 3.74. The third-order valence-corrected chi connectivity index (χ3v) is 3.74. The molecular weight excluding hydrogens is 300 g/mol. The molecule has 0 atom stereocenters. The minimum atomic E-state index is -0.173. The van der Waals surface area contributed by atoms with Crippen LogP contribution in [0.1, 0.15) is 24.2 Å². The van der Waals surface area contributed by atoms with Gasteiger partial charge in [-0.1, -0.05) is 60.7 Å². The van der Waals surface area contributed by atoms with E-state index in [2.05, 4.69) is 9.97 Å². The van der Waals surface area contributed by atoms with Gasteiger partial charge in [0.25, 0.3) is 0 Å². The van der Waals surface area contributed by atoms with Crippen molar-refractivity contribution in [1.29, 1.82) is 0 Å². The smallest absolute Gasteiger partial charge is 0.306 e. The van der Waals surface area contributed by atoms with E-state index in [-0.39, 0.29) is 5.97 Å². The van der Waals surface area contributed by atoms with Crippen molar-refractivity contribution >= 4 is 5.97 Å². The van der Waals surface area contributed by atoms with Crippen LogP contribution in [0.25, 0.3) is 11.3 Å². The van der Waals surface area contributed by atoms with E-state index in [0.29, 0.717) is 13.0 Å². The number of esters is 1. The fraction of sp³-hybridized carbons (Fsp3) is 0.200. The zero-order chi connectivity index (χ0) is 16.6. The molecule has 3 aromatic rings. The first-order chi connectivity index (χ1) is 11.8. The Hall–Kier alpha value is -2.88. The average molecular weight is 320 g/mol. The quantitative estimate of drug-likeness (QED) is 0.666. The van der Waals surface area contributed by atoms with Crippen LogP contribution < -0.4 is 0 Å². The normalized spacial score (nSPS) is 10.5. The maximum atomic E-state index is 11.8. The van der Waals surface area contributed by atoms with Crippen molar-refractivity contribution in [1.82, 2.24) is 9.97 Å². The summed E-state index contributed by atoms with van der Waals surface area (Å²) in [4.78, 5) is 19.5. The highest BCUT2D eigenvalue weighted by atomic mass is 16.5. The molecule has 4 heteroatoms. The molecule has 0 spiro atoms. The molecule has 2 aromatic carbocycles. The number of nitrogens with zero attached hydrogens (tertiary/aromatic N) is 1. The maximum Gasteiger partial charge on any atom is 0.306 e. The number of nitrogens with one attached hydrogen (secondary N) is 1. The van der Waals surface area contributed by atoms with Crippen molar-refractivity contribution in [2.75, 3.05) is 0 Å². The van der Waals surface area contributed by atoms with Gasteiger partial charge in [0.15, 0.2) is 0 Å². The number of hydrogen-bond donors (Lipinski definition) is 1. The van der Waals surface area contributed by atoms with Crippen molar-refractivity contribution in [3.8, 4) is 11.3 Å². The predicted octanol–water partition coefficient (Wildman–Crippen LogP) is 4.14. The Kier molecular flexibility index (Phi) is 5.40. The molecule has 0 unspecified atom stereocenters. The first-order valence-electron chi connectivity index (χ1n) is 8.10. The van der Waals surface area contributed by atoms with E-state index in [0.717, 1.165) is 35.5 Å². The number of aromatic amines is 1. The van der Waals surface area contributed by atoms with Crippen molar-refractivity contribution < 1.29 is 9.53 Å². The number of hydrogen-bond acceptors (Lipinski definition) is 3. The molecule has 0 aliphatic rings. The summed E-state index contributed by atoms with van der Waals surface area (Å²) in [6.07, 6.45) is 3.75. The molecule has 0 bridgehead atoms. The number of H-pyrrole nitrogens is 1. The van der Waals surface area contributed by atoms with Gasteiger partial charge in [-0.3, -0.25) is 4.79 Å². The molecular formula is C20H20N2O2. The first kappa shape index (κ1) is 16.0. The van der Waals surface area contributed by atoms with Gasteiger partial charge in [-0.25, -0.2) is 4.98 Å². The predicted molar refractivity (Wildman–Crippen MR) is 93.2 cm³/mol. The summed E-state index contributed by atoms with van der Waals surface area (Å²) in [7, 11) is 0. The van der Waals surface area contributed by atoms with Crippen LogP contribution in [-0.4, -0.2) is 15.9 Å². The molecule has 4 nitrogen and oxygen atoms in total. The lowest BCUT2D eigenvalue weighted by atomic mass is 10.2. The summed E-state index contributed by atoms with van der Waals surface area (Å²) in [6, 6.07) is 19.7. The van der Waals surface area contributed by atoms with Crippen LogP contribution in [0.3, 0.4) is 0 Å². The van der Waals surface area contributed by atoms with Gasteiger partial charge >= 0.3 is 5.97 Å². The zero-order valence-corrected chi connectivity index (χ0v) is 13.4. The third kappa shape index (κ3) is 4.56. The van der Waals surface area contributed by atoms with Crippen LogP contribution in [0.15, 0.2) is 66.9 Å². The molecule has 0 aliphatic carbocycles. The van der Waals surface area contributed by atoms with Gasteiger partial charge in [0.1, 0.15) is 12.4 Å². The van der Waals surface area contributed by atoms with Crippen LogP contribution in [0.2, 0.25) is 0 Å². The Morgan fingerprint density at radius 1 is 1.00 bits per heavy atom. The highest BCUT2D eigenvalue weighted by molar-refractivity contribution is 5.69. The summed E-state index contributed by atoms with van der Waals surface area (Å²) in [5.74, 6) is 0.721. The Labute approximate surface area is 141 Å². The van der Waals surface area contributed by atoms with Gasteiger partial charge in [0.2, 0.25) is 0 Å². The van der Waals surface area contributed by atoms with E-state index in [1.807, 2.05) is 66.9 Å². The van der Waals surface area contributed by atoms with Gasteiger partial charge in [0.05, 0.1) is 5.69 Å². The number of rotatable bonds is 7. The number of carbonyl (C=O) groups is 1. The standard InChI is InChI=1S/C20H20N2O2/c23-20(24-15-16-8-3-1-4-9-16)13-7-12-19-21-14-18(22-19)17-10-5-2-6-11-17/h1-6,8-11,14H,7,12-13,15H2,(H,21,22). The molecule has 0 saturated carbocycles. The van der Waals surface area contributed by atoms with Crippen molar-refractivity contribution in [3.63, 3.8) is 0 Å². The van der Waals surface area contributed by atoms with E-state index in [4.69, 9.17) is 4.74 Å². The van der Waals surface area contributed by atoms with Crippen LogP contribution in [0.4, 0.5) is 0 Å². The lowest BCUT2D eigenvalue weighted by molar-refractivity contribution is -0.145. The molecule has 1 aromatic heterocycles. The summed E-state index contributed by atoms with van der Waals surface area (Å²) in [5.41, 5.74) is 3.02. The largest absolute Gasteiger partial charge is 0.461 e. The zero-order valence-electron chi connectivity index (χ0n) is 13.4. The second kappa shape index (κ2) is 8.11. The van der Waals surface area contributed by atoms with Gasteiger partial charge in [-0.15, -0.1) is 0 Å². The van der Waals surface area contributed by atoms with E-state index >= 15 is 0 Å². The average Bonchev–Trinajstić information content (AvgIpc) is 3.11. The second-order valence-corrected chi connectivity index (χ2v) is 5.60. The fourth-order valence-electron chi connectivity index (χ4n) is 2.46.